The average molecular weight is 251 g/mol. The SMILES string of the molecule is O=C(O)Cc1ccccc1-c1cccc2[nH]ccc12. The Morgan fingerprint density at radius 1 is 1.00 bits per heavy atom. The van der Waals surface area contributed by atoms with Gasteiger partial charge in [0.2, 0.25) is 0 Å². The van der Waals surface area contributed by atoms with Gasteiger partial charge in [0, 0.05) is 17.1 Å². The number of carboxylic acids is 1. The zero-order valence-electron chi connectivity index (χ0n) is 10.3. The molecule has 0 unspecified atom stereocenters. The van der Waals surface area contributed by atoms with E-state index in [0.717, 1.165) is 27.6 Å². The molecule has 2 N–H and O–H groups in total. The van der Waals surface area contributed by atoms with Crippen molar-refractivity contribution in [1.29, 1.82) is 0 Å². The molecular formula is C16H13NO2. The van der Waals surface area contributed by atoms with Gasteiger partial charge in [0.25, 0.3) is 0 Å². The highest BCUT2D eigenvalue weighted by Gasteiger charge is 2.10. The zero-order chi connectivity index (χ0) is 13.2. The predicted molar refractivity (Wildman–Crippen MR) is 75.1 cm³/mol. The summed E-state index contributed by atoms with van der Waals surface area (Å²) in [4.78, 5) is 14.1. The van der Waals surface area contributed by atoms with Crippen LogP contribution >= 0.6 is 0 Å². The van der Waals surface area contributed by atoms with Crippen molar-refractivity contribution in [3.05, 3.63) is 60.3 Å². The molecule has 0 spiro atoms. The first-order valence-electron chi connectivity index (χ1n) is 6.12. The van der Waals surface area contributed by atoms with Crippen LogP contribution in [0.3, 0.4) is 0 Å². The number of aliphatic carboxylic acids is 1. The first-order chi connectivity index (χ1) is 9.25. The Hall–Kier alpha value is -2.55. The second kappa shape index (κ2) is 4.61. The Balaban J connectivity index is 2.21. The molecule has 0 atom stereocenters. The minimum atomic E-state index is -0.811. The molecule has 0 fully saturated rings. The van der Waals surface area contributed by atoms with Gasteiger partial charge in [-0.25, -0.2) is 0 Å². The van der Waals surface area contributed by atoms with Crippen molar-refractivity contribution in [2.75, 3.05) is 0 Å². The van der Waals surface area contributed by atoms with Gasteiger partial charge in [0.1, 0.15) is 0 Å². The Morgan fingerprint density at radius 3 is 2.63 bits per heavy atom. The Morgan fingerprint density at radius 2 is 1.79 bits per heavy atom. The number of hydrogen-bond acceptors (Lipinski definition) is 1. The van der Waals surface area contributed by atoms with Gasteiger partial charge in [0.05, 0.1) is 6.42 Å². The summed E-state index contributed by atoms with van der Waals surface area (Å²) < 4.78 is 0. The molecule has 0 saturated heterocycles. The van der Waals surface area contributed by atoms with Gasteiger partial charge >= 0.3 is 5.97 Å². The van der Waals surface area contributed by atoms with Crippen LogP contribution in [0, 0.1) is 0 Å². The van der Waals surface area contributed by atoms with Crippen molar-refractivity contribution in [2.24, 2.45) is 0 Å². The molecule has 1 heterocycles. The summed E-state index contributed by atoms with van der Waals surface area (Å²) in [6.45, 7) is 0. The highest BCUT2D eigenvalue weighted by Crippen LogP contribution is 2.30. The van der Waals surface area contributed by atoms with Crippen molar-refractivity contribution in [3.63, 3.8) is 0 Å². The minimum absolute atomic E-state index is 0.0387. The van der Waals surface area contributed by atoms with Crippen LogP contribution in [0.1, 0.15) is 5.56 Å². The molecule has 0 amide bonds. The van der Waals surface area contributed by atoms with Crippen LogP contribution in [0.4, 0.5) is 0 Å². The largest absolute Gasteiger partial charge is 0.481 e. The van der Waals surface area contributed by atoms with Crippen LogP contribution in [0.15, 0.2) is 54.7 Å². The van der Waals surface area contributed by atoms with Gasteiger partial charge in [0.15, 0.2) is 0 Å². The fraction of sp³-hybridized carbons (Fsp3) is 0.0625. The summed E-state index contributed by atoms with van der Waals surface area (Å²) in [5.74, 6) is -0.811. The number of carboxylic acid groups (broad SMARTS) is 1. The second-order valence-corrected chi connectivity index (χ2v) is 4.47. The fourth-order valence-electron chi connectivity index (χ4n) is 2.42. The van der Waals surface area contributed by atoms with Crippen molar-refractivity contribution in [3.8, 4) is 11.1 Å². The average Bonchev–Trinajstić information content (AvgIpc) is 2.87. The van der Waals surface area contributed by atoms with Crippen LogP contribution in [-0.2, 0) is 11.2 Å². The lowest BCUT2D eigenvalue weighted by Crippen LogP contribution is -2.01. The molecule has 19 heavy (non-hydrogen) atoms. The number of aromatic amines is 1. The number of H-pyrrole nitrogens is 1. The number of fused-ring (bicyclic) bond motifs is 1. The first-order valence-corrected chi connectivity index (χ1v) is 6.12. The Labute approximate surface area is 110 Å². The fourth-order valence-corrected chi connectivity index (χ4v) is 2.42. The van der Waals surface area contributed by atoms with E-state index < -0.39 is 5.97 Å². The molecule has 94 valence electrons. The molecule has 0 aliphatic carbocycles. The van der Waals surface area contributed by atoms with Crippen LogP contribution < -0.4 is 0 Å². The van der Waals surface area contributed by atoms with Crippen molar-refractivity contribution >= 4 is 16.9 Å². The number of carbonyl (C=O) groups is 1. The van der Waals surface area contributed by atoms with Crippen LogP contribution in [-0.4, -0.2) is 16.1 Å². The van der Waals surface area contributed by atoms with E-state index in [4.69, 9.17) is 5.11 Å². The number of rotatable bonds is 3. The number of hydrogen-bond donors (Lipinski definition) is 2. The van der Waals surface area contributed by atoms with E-state index >= 15 is 0 Å². The molecule has 3 rings (SSSR count). The number of benzene rings is 2. The maximum absolute atomic E-state index is 11.0. The lowest BCUT2D eigenvalue weighted by molar-refractivity contribution is -0.136. The molecule has 1 aromatic heterocycles. The Kier molecular flexibility index (Phi) is 2.80. The smallest absolute Gasteiger partial charge is 0.307 e. The molecule has 0 aliphatic rings. The van der Waals surface area contributed by atoms with Gasteiger partial charge in [-0.3, -0.25) is 4.79 Å². The molecule has 3 aromatic rings. The third-order valence-corrected chi connectivity index (χ3v) is 3.24. The van der Waals surface area contributed by atoms with Gasteiger partial charge in [-0.2, -0.15) is 0 Å². The molecule has 0 aliphatic heterocycles. The minimum Gasteiger partial charge on any atom is -0.481 e. The van der Waals surface area contributed by atoms with E-state index in [1.54, 1.807) is 0 Å². The van der Waals surface area contributed by atoms with E-state index in [9.17, 15) is 4.79 Å². The summed E-state index contributed by atoms with van der Waals surface area (Å²) in [6, 6.07) is 15.7. The predicted octanol–water partition coefficient (Wildman–Crippen LogP) is 3.46. The van der Waals surface area contributed by atoms with E-state index in [2.05, 4.69) is 4.98 Å². The van der Waals surface area contributed by atoms with Crippen molar-refractivity contribution in [2.45, 2.75) is 6.42 Å². The van der Waals surface area contributed by atoms with Crippen molar-refractivity contribution in [1.82, 2.24) is 4.98 Å². The maximum atomic E-state index is 11.0. The normalized spacial score (nSPS) is 10.7. The van der Waals surface area contributed by atoms with E-state index in [0.29, 0.717) is 0 Å². The highest BCUT2D eigenvalue weighted by atomic mass is 16.4. The molecule has 3 nitrogen and oxygen atoms in total. The molecule has 0 radical (unpaired) electrons. The molecule has 2 aromatic carbocycles. The Bertz CT molecular complexity index is 743. The summed E-state index contributed by atoms with van der Waals surface area (Å²) in [5.41, 5.74) is 3.94. The lowest BCUT2D eigenvalue weighted by atomic mass is 9.95. The first kappa shape index (κ1) is 11.5. The topological polar surface area (TPSA) is 53.1 Å². The van der Waals surface area contributed by atoms with Gasteiger partial charge in [-0.15, -0.1) is 0 Å². The monoisotopic (exact) mass is 251 g/mol. The quantitative estimate of drug-likeness (QED) is 0.749. The molecule has 0 saturated carbocycles. The highest BCUT2D eigenvalue weighted by molar-refractivity contribution is 5.96. The van der Waals surface area contributed by atoms with E-state index in [1.165, 1.54) is 0 Å². The summed E-state index contributed by atoms with van der Waals surface area (Å²) in [7, 11) is 0. The standard InChI is InChI=1S/C16H13NO2/c18-16(19)10-11-4-1-2-5-12(11)13-6-3-7-15-14(13)8-9-17-15/h1-9,17H,10H2,(H,18,19). The van der Waals surface area contributed by atoms with Gasteiger partial charge < -0.3 is 10.1 Å². The molecule has 3 heteroatoms. The van der Waals surface area contributed by atoms with Crippen molar-refractivity contribution < 1.29 is 9.90 Å². The molecular weight excluding hydrogens is 238 g/mol. The number of aromatic nitrogens is 1. The van der Waals surface area contributed by atoms with E-state index in [-0.39, 0.29) is 6.42 Å². The zero-order valence-corrected chi connectivity index (χ0v) is 10.3. The van der Waals surface area contributed by atoms with E-state index in [1.807, 2.05) is 54.7 Å². The lowest BCUT2D eigenvalue weighted by Gasteiger charge is -2.09. The second-order valence-electron chi connectivity index (χ2n) is 4.47. The third-order valence-electron chi connectivity index (χ3n) is 3.24. The molecule has 0 bridgehead atoms. The van der Waals surface area contributed by atoms with Gasteiger partial charge in [-0.05, 0) is 28.8 Å². The summed E-state index contributed by atoms with van der Waals surface area (Å²) in [6.07, 6.45) is 1.94. The van der Waals surface area contributed by atoms with Crippen LogP contribution in [0.25, 0.3) is 22.0 Å². The van der Waals surface area contributed by atoms with Gasteiger partial charge in [-0.1, -0.05) is 36.4 Å². The summed E-state index contributed by atoms with van der Waals surface area (Å²) in [5, 5.41) is 10.1. The summed E-state index contributed by atoms with van der Waals surface area (Å²) >= 11 is 0. The number of nitrogens with one attached hydrogen (secondary N) is 1. The third kappa shape index (κ3) is 2.10. The maximum Gasteiger partial charge on any atom is 0.307 e. The van der Waals surface area contributed by atoms with Crippen LogP contribution in [0.2, 0.25) is 0 Å². The van der Waals surface area contributed by atoms with Crippen LogP contribution in [0.5, 0.6) is 0 Å².